The Bertz CT molecular complexity index is 916. The molecule has 2 aromatic rings. The van der Waals surface area contributed by atoms with Gasteiger partial charge in [0.25, 0.3) is 11.8 Å². The zero-order chi connectivity index (χ0) is 23.3. The number of carbonyl (C=O) groups is 2. The highest BCUT2D eigenvalue weighted by Crippen LogP contribution is 2.18. The van der Waals surface area contributed by atoms with Crippen LogP contribution in [0.15, 0.2) is 42.5 Å². The number of amides is 2. The SMILES string of the molecule is CCCCCCOc1ccc(C(=O)NC(=S)NNC(=O)COc2ccc(C)cc2C)cc1. The molecule has 0 bridgehead atoms. The van der Waals surface area contributed by atoms with E-state index < -0.39 is 11.8 Å². The average Bonchev–Trinajstić information content (AvgIpc) is 2.77. The van der Waals surface area contributed by atoms with Gasteiger partial charge in [-0.05, 0) is 68.4 Å². The van der Waals surface area contributed by atoms with Gasteiger partial charge in [0.2, 0.25) is 0 Å². The minimum Gasteiger partial charge on any atom is -0.494 e. The number of aryl methyl sites for hydroxylation is 2. The molecule has 32 heavy (non-hydrogen) atoms. The summed E-state index contributed by atoms with van der Waals surface area (Å²) in [7, 11) is 0. The van der Waals surface area contributed by atoms with E-state index in [4.69, 9.17) is 21.7 Å². The first-order valence-electron chi connectivity index (χ1n) is 10.7. The average molecular weight is 458 g/mol. The summed E-state index contributed by atoms with van der Waals surface area (Å²) in [6.45, 7) is 6.54. The largest absolute Gasteiger partial charge is 0.494 e. The molecule has 2 rings (SSSR count). The lowest BCUT2D eigenvalue weighted by Crippen LogP contribution is -2.49. The summed E-state index contributed by atoms with van der Waals surface area (Å²) in [5.74, 6) is 0.532. The zero-order valence-corrected chi connectivity index (χ0v) is 19.6. The lowest BCUT2D eigenvalue weighted by Gasteiger charge is -2.12. The second kappa shape index (κ2) is 13.3. The van der Waals surface area contributed by atoms with E-state index in [1.165, 1.54) is 12.8 Å². The fourth-order valence-corrected chi connectivity index (χ4v) is 3.04. The van der Waals surface area contributed by atoms with Crippen LogP contribution in [-0.2, 0) is 4.79 Å². The van der Waals surface area contributed by atoms with Crippen molar-refractivity contribution in [1.29, 1.82) is 0 Å². The van der Waals surface area contributed by atoms with Gasteiger partial charge in [-0.25, -0.2) is 0 Å². The van der Waals surface area contributed by atoms with E-state index in [9.17, 15) is 9.59 Å². The van der Waals surface area contributed by atoms with Gasteiger partial charge in [0.15, 0.2) is 11.7 Å². The van der Waals surface area contributed by atoms with Gasteiger partial charge in [0.05, 0.1) is 6.61 Å². The van der Waals surface area contributed by atoms with Crippen LogP contribution in [0.25, 0.3) is 0 Å². The Morgan fingerprint density at radius 3 is 2.38 bits per heavy atom. The molecule has 3 N–H and O–H groups in total. The van der Waals surface area contributed by atoms with Crippen molar-refractivity contribution in [1.82, 2.24) is 16.2 Å². The lowest BCUT2D eigenvalue weighted by atomic mass is 10.1. The Hall–Kier alpha value is -3.13. The third-order valence-corrected chi connectivity index (χ3v) is 4.82. The number of carbonyl (C=O) groups excluding carboxylic acids is 2. The normalized spacial score (nSPS) is 10.2. The topological polar surface area (TPSA) is 88.7 Å². The zero-order valence-electron chi connectivity index (χ0n) is 18.8. The molecule has 0 unspecified atom stereocenters. The Morgan fingerprint density at radius 1 is 0.938 bits per heavy atom. The molecule has 0 aromatic heterocycles. The molecule has 2 aromatic carbocycles. The third-order valence-electron chi connectivity index (χ3n) is 4.61. The first-order valence-corrected chi connectivity index (χ1v) is 11.1. The van der Waals surface area contributed by atoms with E-state index in [-0.39, 0.29) is 11.7 Å². The van der Waals surface area contributed by atoms with E-state index in [2.05, 4.69) is 23.1 Å². The summed E-state index contributed by atoms with van der Waals surface area (Å²) < 4.78 is 11.2. The minimum atomic E-state index is -0.429. The number of unbranched alkanes of at least 4 members (excludes halogenated alkanes) is 3. The molecule has 0 aliphatic carbocycles. The molecule has 7 nitrogen and oxygen atoms in total. The van der Waals surface area contributed by atoms with Crippen molar-refractivity contribution in [3.63, 3.8) is 0 Å². The number of ether oxygens (including phenoxy) is 2. The van der Waals surface area contributed by atoms with Crippen molar-refractivity contribution in [2.75, 3.05) is 13.2 Å². The predicted molar refractivity (Wildman–Crippen MR) is 129 cm³/mol. The molecule has 0 aliphatic heterocycles. The third kappa shape index (κ3) is 8.93. The van der Waals surface area contributed by atoms with Gasteiger partial charge in [0.1, 0.15) is 11.5 Å². The van der Waals surface area contributed by atoms with Crippen molar-refractivity contribution in [2.24, 2.45) is 0 Å². The van der Waals surface area contributed by atoms with Crippen LogP contribution in [0.2, 0.25) is 0 Å². The van der Waals surface area contributed by atoms with Crippen molar-refractivity contribution in [3.05, 3.63) is 59.2 Å². The molecule has 0 spiro atoms. The van der Waals surface area contributed by atoms with E-state index in [1.807, 2.05) is 32.0 Å². The highest BCUT2D eigenvalue weighted by atomic mass is 32.1. The van der Waals surface area contributed by atoms with E-state index in [1.54, 1.807) is 24.3 Å². The van der Waals surface area contributed by atoms with Crippen LogP contribution in [0.5, 0.6) is 11.5 Å². The number of rotatable bonds is 10. The second-order valence-electron chi connectivity index (χ2n) is 7.45. The van der Waals surface area contributed by atoms with Gasteiger partial charge < -0.3 is 9.47 Å². The summed E-state index contributed by atoms with van der Waals surface area (Å²) in [4.78, 5) is 24.3. The highest BCUT2D eigenvalue weighted by Gasteiger charge is 2.10. The van der Waals surface area contributed by atoms with Crippen LogP contribution in [0.1, 0.15) is 54.1 Å². The molecule has 0 saturated heterocycles. The number of benzene rings is 2. The van der Waals surface area contributed by atoms with Crippen LogP contribution >= 0.6 is 12.2 Å². The molecule has 0 heterocycles. The minimum absolute atomic E-state index is 0.0221. The number of nitrogens with one attached hydrogen (secondary N) is 3. The van der Waals surface area contributed by atoms with E-state index in [0.717, 1.165) is 29.7 Å². The second-order valence-corrected chi connectivity index (χ2v) is 7.86. The summed E-state index contributed by atoms with van der Waals surface area (Å²) in [6.07, 6.45) is 4.55. The summed E-state index contributed by atoms with van der Waals surface area (Å²) in [6, 6.07) is 12.5. The highest BCUT2D eigenvalue weighted by molar-refractivity contribution is 7.80. The number of thiocarbonyl (C=S) groups is 1. The molecule has 172 valence electrons. The molecule has 0 aliphatic rings. The number of hydrazine groups is 1. The quantitative estimate of drug-likeness (QED) is 0.284. The summed E-state index contributed by atoms with van der Waals surface area (Å²) in [5, 5.41) is 2.49. The molecule has 0 radical (unpaired) electrons. The van der Waals surface area contributed by atoms with Gasteiger partial charge in [0, 0.05) is 5.56 Å². The van der Waals surface area contributed by atoms with E-state index in [0.29, 0.717) is 17.9 Å². The van der Waals surface area contributed by atoms with E-state index >= 15 is 0 Å². The van der Waals surface area contributed by atoms with Crippen LogP contribution in [0.4, 0.5) is 0 Å². The van der Waals surface area contributed by atoms with Crippen LogP contribution in [-0.4, -0.2) is 30.1 Å². The molecule has 2 amide bonds. The fraction of sp³-hybridized carbons (Fsp3) is 0.375. The first-order chi connectivity index (χ1) is 15.4. The molecular weight excluding hydrogens is 426 g/mol. The molecule has 8 heteroatoms. The van der Waals surface area contributed by atoms with Gasteiger partial charge in [-0.1, -0.05) is 43.9 Å². The van der Waals surface area contributed by atoms with Crippen LogP contribution in [0.3, 0.4) is 0 Å². The number of hydrogen-bond acceptors (Lipinski definition) is 5. The Balaban J connectivity index is 1.69. The maximum atomic E-state index is 12.3. The van der Waals surface area contributed by atoms with Crippen molar-refractivity contribution in [3.8, 4) is 11.5 Å². The first kappa shape index (κ1) is 25.1. The summed E-state index contributed by atoms with van der Waals surface area (Å²) >= 11 is 5.06. The smallest absolute Gasteiger partial charge is 0.276 e. The Labute approximate surface area is 194 Å². The Morgan fingerprint density at radius 2 is 1.69 bits per heavy atom. The fourth-order valence-electron chi connectivity index (χ4n) is 2.90. The standard InChI is InChI=1S/C24H31N3O4S/c1-4-5-6-7-14-30-20-11-9-19(10-12-20)23(29)25-24(32)27-26-22(28)16-31-21-13-8-17(2)15-18(21)3/h8-13,15H,4-7,14,16H2,1-3H3,(H,26,28)(H2,25,27,29,32). The monoisotopic (exact) mass is 457 g/mol. The Kier molecular flexibility index (Phi) is 10.5. The maximum Gasteiger partial charge on any atom is 0.276 e. The maximum absolute atomic E-state index is 12.3. The van der Waals surface area contributed by atoms with Crippen molar-refractivity contribution >= 4 is 29.1 Å². The molecule has 0 saturated carbocycles. The number of hydrogen-bond donors (Lipinski definition) is 3. The van der Waals surface area contributed by atoms with Crippen molar-refractivity contribution in [2.45, 2.75) is 46.5 Å². The van der Waals surface area contributed by atoms with Gasteiger partial charge in [-0.15, -0.1) is 0 Å². The molecule has 0 fully saturated rings. The van der Waals surface area contributed by atoms with Gasteiger partial charge in [-0.2, -0.15) is 0 Å². The summed E-state index contributed by atoms with van der Waals surface area (Å²) in [5.41, 5.74) is 7.38. The molecular formula is C24H31N3O4S. The van der Waals surface area contributed by atoms with Gasteiger partial charge >= 0.3 is 0 Å². The van der Waals surface area contributed by atoms with Crippen LogP contribution in [0, 0.1) is 13.8 Å². The predicted octanol–water partition coefficient (Wildman–Crippen LogP) is 3.98. The molecule has 0 atom stereocenters. The van der Waals surface area contributed by atoms with Crippen molar-refractivity contribution < 1.29 is 19.1 Å². The van der Waals surface area contributed by atoms with Gasteiger partial charge in [-0.3, -0.25) is 25.8 Å². The van der Waals surface area contributed by atoms with Crippen LogP contribution < -0.4 is 25.6 Å². The lowest BCUT2D eigenvalue weighted by molar-refractivity contribution is -0.123.